The zero-order valence-electron chi connectivity index (χ0n) is 15.0. The van der Waals surface area contributed by atoms with Gasteiger partial charge in [-0.1, -0.05) is 23.7 Å². The van der Waals surface area contributed by atoms with Gasteiger partial charge in [-0.3, -0.25) is 14.9 Å². The lowest BCUT2D eigenvalue weighted by Crippen LogP contribution is -2.28. The highest BCUT2D eigenvalue weighted by atomic mass is 35.5. The molecular weight excluding hydrogens is 400 g/mol. The van der Waals surface area contributed by atoms with Gasteiger partial charge < -0.3 is 14.5 Å². The summed E-state index contributed by atoms with van der Waals surface area (Å²) in [5.41, 5.74) is 1.37. The molecule has 1 N–H and O–H groups in total. The highest BCUT2D eigenvalue weighted by Gasteiger charge is 2.16. The van der Waals surface area contributed by atoms with Crippen LogP contribution in [0.5, 0.6) is 0 Å². The van der Waals surface area contributed by atoms with Crippen LogP contribution in [-0.2, 0) is 16.1 Å². The van der Waals surface area contributed by atoms with Crippen LogP contribution in [-0.4, -0.2) is 23.4 Å². The predicted molar refractivity (Wildman–Crippen MR) is 104 cm³/mol. The fourth-order valence-electron chi connectivity index (χ4n) is 2.41. The lowest BCUT2D eigenvalue weighted by atomic mass is 10.1. The number of benzene rings is 2. The number of non-ortho nitro benzene ring substituents is 1. The standard InChI is InChI=1S/C20H15ClN2O6/c21-15-5-1-13(2-6-15)11-22-19(24)12-28-20(25)18-10-9-17(29-18)14-3-7-16(8-4-14)23(26)27/h1-10H,11-12H2,(H,22,24). The molecule has 3 aromatic rings. The van der Waals surface area contributed by atoms with Crippen LogP contribution in [0.4, 0.5) is 5.69 Å². The van der Waals surface area contributed by atoms with Crippen LogP contribution in [0, 0.1) is 10.1 Å². The van der Waals surface area contributed by atoms with Gasteiger partial charge in [0.1, 0.15) is 5.76 Å². The molecule has 0 fully saturated rings. The topological polar surface area (TPSA) is 112 Å². The minimum absolute atomic E-state index is 0.0513. The zero-order valence-corrected chi connectivity index (χ0v) is 15.7. The SMILES string of the molecule is O=C(COC(=O)c1ccc(-c2ccc([N+](=O)[O-])cc2)o1)NCc1ccc(Cl)cc1. The molecule has 0 unspecified atom stereocenters. The van der Waals surface area contributed by atoms with Crippen LogP contribution in [0.15, 0.2) is 65.1 Å². The van der Waals surface area contributed by atoms with E-state index in [4.69, 9.17) is 20.8 Å². The molecule has 3 rings (SSSR count). The van der Waals surface area contributed by atoms with Crippen molar-refractivity contribution in [2.24, 2.45) is 0 Å². The molecule has 0 saturated carbocycles. The fraction of sp³-hybridized carbons (Fsp3) is 0.100. The van der Waals surface area contributed by atoms with Crippen LogP contribution in [0.2, 0.25) is 5.02 Å². The summed E-state index contributed by atoms with van der Waals surface area (Å²) in [5, 5.41) is 13.9. The predicted octanol–water partition coefficient (Wildman–Crippen LogP) is 3.98. The molecule has 1 amide bonds. The Labute approximate surface area is 170 Å². The number of rotatable bonds is 7. The third kappa shape index (κ3) is 5.43. The molecule has 8 nitrogen and oxygen atoms in total. The van der Waals surface area contributed by atoms with Crippen LogP contribution in [0.3, 0.4) is 0 Å². The number of nitro benzene ring substituents is 1. The van der Waals surface area contributed by atoms with Crippen molar-refractivity contribution in [3.8, 4) is 11.3 Å². The van der Waals surface area contributed by atoms with Crippen molar-refractivity contribution >= 4 is 29.2 Å². The van der Waals surface area contributed by atoms with E-state index in [-0.39, 0.29) is 18.0 Å². The Balaban J connectivity index is 1.51. The zero-order chi connectivity index (χ0) is 20.8. The van der Waals surface area contributed by atoms with E-state index in [2.05, 4.69) is 5.32 Å². The first-order valence-electron chi connectivity index (χ1n) is 8.45. The van der Waals surface area contributed by atoms with E-state index in [1.807, 2.05) is 0 Å². The highest BCUT2D eigenvalue weighted by Crippen LogP contribution is 2.24. The van der Waals surface area contributed by atoms with Gasteiger partial charge in [-0.15, -0.1) is 0 Å². The van der Waals surface area contributed by atoms with Crippen molar-refractivity contribution in [1.82, 2.24) is 5.32 Å². The molecule has 0 spiro atoms. The van der Waals surface area contributed by atoms with E-state index >= 15 is 0 Å². The lowest BCUT2D eigenvalue weighted by Gasteiger charge is -2.06. The number of nitrogens with one attached hydrogen (secondary N) is 1. The van der Waals surface area contributed by atoms with Gasteiger partial charge in [-0.2, -0.15) is 0 Å². The quantitative estimate of drug-likeness (QED) is 0.355. The summed E-state index contributed by atoms with van der Waals surface area (Å²) in [6.07, 6.45) is 0. The van der Waals surface area contributed by atoms with E-state index in [0.717, 1.165) is 5.56 Å². The molecule has 0 aliphatic rings. The van der Waals surface area contributed by atoms with Crippen LogP contribution >= 0.6 is 11.6 Å². The van der Waals surface area contributed by atoms with Gasteiger partial charge in [0.15, 0.2) is 6.61 Å². The normalized spacial score (nSPS) is 10.4. The van der Waals surface area contributed by atoms with Crippen molar-refractivity contribution in [1.29, 1.82) is 0 Å². The second kappa shape index (κ2) is 9.03. The Kier molecular flexibility index (Phi) is 6.25. The summed E-state index contributed by atoms with van der Waals surface area (Å²) >= 11 is 5.80. The van der Waals surface area contributed by atoms with Crippen molar-refractivity contribution in [2.75, 3.05) is 6.61 Å². The van der Waals surface area contributed by atoms with Crippen molar-refractivity contribution < 1.29 is 23.7 Å². The summed E-state index contributed by atoms with van der Waals surface area (Å²) in [4.78, 5) is 34.1. The number of hydrogen-bond acceptors (Lipinski definition) is 6. The Bertz CT molecular complexity index is 1030. The molecule has 0 bridgehead atoms. The number of carbonyl (C=O) groups is 2. The van der Waals surface area contributed by atoms with Crippen molar-refractivity contribution in [2.45, 2.75) is 6.54 Å². The second-order valence-corrected chi connectivity index (χ2v) is 6.38. The lowest BCUT2D eigenvalue weighted by molar-refractivity contribution is -0.384. The molecule has 0 radical (unpaired) electrons. The average Bonchev–Trinajstić information content (AvgIpc) is 3.22. The Hall–Kier alpha value is -3.65. The molecule has 148 valence electrons. The van der Waals surface area contributed by atoms with Gasteiger partial charge in [0.2, 0.25) is 5.76 Å². The number of nitrogens with zero attached hydrogens (tertiary/aromatic N) is 1. The summed E-state index contributed by atoms with van der Waals surface area (Å²) in [6.45, 7) is -0.182. The number of hydrogen-bond donors (Lipinski definition) is 1. The molecule has 29 heavy (non-hydrogen) atoms. The monoisotopic (exact) mass is 414 g/mol. The molecule has 1 heterocycles. The van der Waals surface area contributed by atoms with Gasteiger partial charge in [-0.05, 0) is 42.0 Å². The molecule has 9 heteroatoms. The maximum Gasteiger partial charge on any atom is 0.374 e. The molecule has 0 saturated heterocycles. The van der Waals surface area contributed by atoms with Crippen molar-refractivity contribution in [3.05, 3.63) is 87.1 Å². The van der Waals surface area contributed by atoms with Crippen LogP contribution in [0.1, 0.15) is 16.1 Å². The largest absolute Gasteiger partial charge is 0.450 e. The molecule has 0 atom stereocenters. The third-order valence-electron chi connectivity index (χ3n) is 3.91. The van der Waals surface area contributed by atoms with E-state index in [1.165, 1.54) is 30.3 Å². The maximum absolute atomic E-state index is 12.0. The van der Waals surface area contributed by atoms with Gasteiger partial charge >= 0.3 is 5.97 Å². The van der Waals surface area contributed by atoms with Gasteiger partial charge in [-0.25, -0.2) is 4.79 Å². The highest BCUT2D eigenvalue weighted by molar-refractivity contribution is 6.30. The van der Waals surface area contributed by atoms with Crippen molar-refractivity contribution in [3.63, 3.8) is 0 Å². The first kappa shape index (κ1) is 20.1. The van der Waals surface area contributed by atoms with Crippen LogP contribution in [0.25, 0.3) is 11.3 Å². The summed E-state index contributed by atoms with van der Waals surface area (Å²) in [6, 6.07) is 15.6. The summed E-state index contributed by atoms with van der Waals surface area (Å²) in [5.74, 6) is -0.988. The minimum atomic E-state index is -0.792. The van der Waals surface area contributed by atoms with E-state index in [1.54, 1.807) is 30.3 Å². The number of amides is 1. The molecule has 0 aliphatic carbocycles. The number of nitro groups is 1. The summed E-state index contributed by atoms with van der Waals surface area (Å²) in [7, 11) is 0. The first-order chi connectivity index (χ1) is 13.9. The van der Waals surface area contributed by atoms with Gasteiger partial charge in [0.25, 0.3) is 11.6 Å². The smallest absolute Gasteiger partial charge is 0.374 e. The first-order valence-corrected chi connectivity index (χ1v) is 8.83. The number of halogens is 1. The molecule has 0 aliphatic heterocycles. The third-order valence-corrected chi connectivity index (χ3v) is 4.16. The van der Waals surface area contributed by atoms with E-state index in [9.17, 15) is 19.7 Å². The Morgan fingerprint density at radius 3 is 2.38 bits per heavy atom. The molecule has 1 aromatic heterocycles. The average molecular weight is 415 g/mol. The number of ether oxygens (including phenoxy) is 1. The number of furan rings is 1. The van der Waals surface area contributed by atoms with Crippen LogP contribution < -0.4 is 5.32 Å². The second-order valence-electron chi connectivity index (χ2n) is 5.95. The van der Waals surface area contributed by atoms with E-state index in [0.29, 0.717) is 16.3 Å². The summed E-state index contributed by atoms with van der Waals surface area (Å²) < 4.78 is 10.4. The van der Waals surface area contributed by atoms with E-state index < -0.39 is 23.4 Å². The van der Waals surface area contributed by atoms with Gasteiger partial charge in [0, 0.05) is 29.3 Å². The maximum atomic E-state index is 12.0. The fourth-order valence-corrected chi connectivity index (χ4v) is 2.53. The van der Waals surface area contributed by atoms with Gasteiger partial charge in [0.05, 0.1) is 4.92 Å². The molecule has 2 aromatic carbocycles. The molecular formula is C20H15ClN2O6. The number of esters is 1. The Morgan fingerprint density at radius 2 is 1.72 bits per heavy atom. The number of carbonyl (C=O) groups excluding carboxylic acids is 2. The minimum Gasteiger partial charge on any atom is -0.450 e. The Morgan fingerprint density at radius 1 is 1.03 bits per heavy atom.